The number of urea groups is 1. The summed E-state index contributed by atoms with van der Waals surface area (Å²) in [7, 11) is 0. The van der Waals surface area contributed by atoms with E-state index in [4.69, 9.17) is 19.9 Å². The van der Waals surface area contributed by atoms with Crippen LogP contribution >= 0.6 is 0 Å². The standard InChI is InChI=1S/C59H60N18O9/c78-29-45(80)68-41-21-43(51(84)49(41)82)74-31-62-47-53(60-25-39(33-13-5-1-6-14-33)34-15-7-2-8-16-34)70-57(72-55(47)74)76-27-37(23-64-76)66-59(86)67-38-24-65-77(28-38)58-71-54(61-26-40(35-17-9-3-10-18-35)36-19-11-4-12-20-36)48-56(73-58)75(32-63-48)44-22-42(50(83)52(44)85)69-46(81)30-79/h1-20,23-24,27-28,31-32,39-44,49-52,78-79,82-85H,21-22,25-26,29-30H2,(H,68,80)(H,69,81)(H,60,70,72)(H,61,71,73)(H2,66,67,86)/t41-,42-,43+,44+,49+,50+,51-,52-/m0/s1. The number of fused-ring (bicyclic) bond motifs is 2. The molecule has 0 aliphatic heterocycles. The van der Waals surface area contributed by atoms with Crippen molar-refractivity contribution in [2.24, 2.45) is 0 Å². The van der Waals surface area contributed by atoms with Gasteiger partial charge in [0, 0.05) is 24.9 Å². The summed E-state index contributed by atoms with van der Waals surface area (Å²) in [6.07, 6.45) is 3.51. The molecule has 0 radical (unpaired) electrons. The van der Waals surface area contributed by atoms with Crippen molar-refractivity contribution < 1.29 is 45.0 Å². The van der Waals surface area contributed by atoms with Crippen LogP contribution in [0.2, 0.25) is 0 Å². The third-order valence-electron chi connectivity index (χ3n) is 15.7. The van der Waals surface area contributed by atoms with Gasteiger partial charge < -0.3 is 71.7 Å². The predicted octanol–water partition coefficient (Wildman–Crippen LogP) is 2.76. The number of carbonyl (C=O) groups is 3. The number of carbonyl (C=O) groups excluding carboxylic acids is 3. The molecule has 2 saturated carbocycles. The molecule has 2 fully saturated rings. The van der Waals surface area contributed by atoms with E-state index in [1.807, 2.05) is 121 Å². The van der Waals surface area contributed by atoms with Crippen LogP contribution in [0.1, 0.15) is 59.0 Å². The molecule has 0 unspecified atom stereocenters. The molecule has 4 aromatic carbocycles. The number of hydrogen-bond acceptors (Lipinski definition) is 19. The van der Waals surface area contributed by atoms with Gasteiger partial charge in [0.05, 0.1) is 73.0 Å². The highest BCUT2D eigenvalue weighted by Crippen LogP contribution is 2.37. The number of imidazole rings is 2. The Labute approximate surface area is 489 Å². The summed E-state index contributed by atoms with van der Waals surface area (Å²) >= 11 is 0. The molecule has 0 bridgehead atoms. The van der Waals surface area contributed by atoms with Crippen molar-refractivity contribution in [3.05, 3.63) is 181 Å². The number of aliphatic hydroxyl groups is 6. The van der Waals surface area contributed by atoms with Crippen LogP contribution in [0.25, 0.3) is 34.2 Å². The SMILES string of the molecule is O=C(CO)N[C@H]1C[C@@H](n2cnc3c(NCC(c4ccccc4)c4ccccc4)nc(-n4cc(NC(=O)Nc5cnn(-c6nc(NCC(c7ccccc7)c7ccccc7)c7ncn([C@@H]8C[C@H](NC(=O)CO)[C@@H](O)[C@H]8O)c7n6)c5)cn4)nc32)[C@H](O)[C@@H]1O. The minimum atomic E-state index is -1.36. The van der Waals surface area contributed by atoms with Gasteiger partial charge in [-0.3, -0.25) is 9.59 Å². The molecule has 10 aromatic rings. The average molecular weight is 1170 g/mol. The van der Waals surface area contributed by atoms with E-state index in [-0.39, 0.29) is 59.2 Å². The van der Waals surface area contributed by atoms with Gasteiger partial charge in [-0.15, -0.1) is 0 Å². The molecule has 2 aliphatic carbocycles. The number of hydrogen-bond donors (Lipinski definition) is 12. The van der Waals surface area contributed by atoms with Gasteiger partial charge in [0.15, 0.2) is 34.0 Å². The molecule has 86 heavy (non-hydrogen) atoms. The fourth-order valence-corrected chi connectivity index (χ4v) is 11.4. The van der Waals surface area contributed by atoms with E-state index in [9.17, 15) is 45.0 Å². The first-order valence-electron chi connectivity index (χ1n) is 27.8. The summed E-state index contributed by atoms with van der Waals surface area (Å²) < 4.78 is 5.93. The van der Waals surface area contributed by atoms with Crippen LogP contribution in [0, 0.1) is 0 Å². The summed E-state index contributed by atoms with van der Waals surface area (Å²) in [5, 5.41) is 90.2. The Bertz CT molecular complexity index is 3660. The average Bonchev–Trinajstić information content (AvgIpc) is 3.77. The molecule has 27 heteroatoms. The van der Waals surface area contributed by atoms with Crippen molar-refractivity contribution in [1.29, 1.82) is 0 Å². The number of benzene rings is 4. The maximum absolute atomic E-state index is 13.8. The van der Waals surface area contributed by atoms with Crippen LogP contribution in [0.3, 0.4) is 0 Å². The van der Waals surface area contributed by atoms with Crippen LogP contribution in [0.5, 0.6) is 0 Å². The first-order valence-corrected chi connectivity index (χ1v) is 27.8. The van der Waals surface area contributed by atoms with Gasteiger partial charge in [-0.2, -0.15) is 30.1 Å². The zero-order valence-electron chi connectivity index (χ0n) is 45.8. The minimum Gasteiger partial charge on any atom is -0.388 e. The number of nitrogens with zero attached hydrogens (tertiary/aromatic N) is 12. The lowest BCUT2D eigenvalue weighted by atomic mass is 9.91. The van der Waals surface area contributed by atoms with Gasteiger partial charge in [0.25, 0.3) is 11.9 Å². The fraction of sp³-hybridized carbons (Fsp3) is 0.271. The van der Waals surface area contributed by atoms with Crippen LogP contribution in [-0.2, 0) is 9.59 Å². The molecule has 8 atom stereocenters. The molecular weight excluding hydrogens is 1100 g/mol. The lowest BCUT2D eigenvalue weighted by Gasteiger charge is -2.20. The number of amides is 4. The quantitative estimate of drug-likeness (QED) is 0.0522. The molecule has 12 rings (SSSR count). The van der Waals surface area contributed by atoms with Crippen LogP contribution in [0.4, 0.5) is 27.8 Å². The summed E-state index contributed by atoms with van der Waals surface area (Å²) in [5.41, 5.74) is 5.91. The second-order valence-corrected chi connectivity index (χ2v) is 21.1. The van der Waals surface area contributed by atoms with E-state index in [1.165, 1.54) is 46.8 Å². The van der Waals surface area contributed by atoms with E-state index in [1.54, 1.807) is 9.13 Å². The summed E-state index contributed by atoms with van der Waals surface area (Å²) in [4.78, 5) is 66.9. The topological polar surface area (TPSA) is 368 Å². The third-order valence-corrected chi connectivity index (χ3v) is 15.7. The maximum atomic E-state index is 13.8. The molecular formula is C59H60N18O9. The lowest BCUT2D eigenvalue weighted by molar-refractivity contribution is -0.126. The first-order chi connectivity index (χ1) is 41.9. The van der Waals surface area contributed by atoms with Gasteiger partial charge in [-0.05, 0) is 35.1 Å². The molecule has 27 nitrogen and oxygen atoms in total. The van der Waals surface area contributed by atoms with Crippen molar-refractivity contribution in [2.75, 3.05) is 47.6 Å². The largest absolute Gasteiger partial charge is 0.388 e. The Hall–Kier alpha value is -10.0. The Balaban J connectivity index is 0.816. The van der Waals surface area contributed by atoms with Crippen molar-refractivity contribution in [2.45, 2.75) is 73.3 Å². The summed E-state index contributed by atoms with van der Waals surface area (Å²) in [6.45, 7) is -0.848. The molecule has 440 valence electrons. The van der Waals surface area contributed by atoms with E-state index in [2.05, 4.69) is 52.1 Å². The maximum Gasteiger partial charge on any atom is 0.323 e. The molecule has 4 amide bonds. The van der Waals surface area contributed by atoms with Crippen LogP contribution < -0.4 is 31.9 Å². The highest BCUT2D eigenvalue weighted by atomic mass is 16.3. The second kappa shape index (κ2) is 24.7. The van der Waals surface area contributed by atoms with Crippen LogP contribution in [0.15, 0.2) is 159 Å². The van der Waals surface area contributed by atoms with Crippen LogP contribution in [-0.4, -0.2) is 170 Å². The number of aromatic nitrogens is 12. The van der Waals surface area contributed by atoms with Gasteiger partial charge in [0.2, 0.25) is 11.8 Å². The van der Waals surface area contributed by atoms with E-state index < -0.39 is 79.6 Å². The summed E-state index contributed by atoms with van der Waals surface area (Å²) in [6, 6.07) is 35.9. The third kappa shape index (κ3) is 11.6. The molecule has 6 heterocycles. The first kappa shape index (κ1) is 56.5. The van der Waals surface area contributed by atoms with Crippen molar-refractivity contribution in [3.63, 3.8) is 0 Å². The Morgan fingerprint density at radius 3 is 1.21 bits per heavy atom. The predicted molar refractivity (Wildman–Crippen MR) is 313 cm³/mol. The van der Waals surface area contributed by atoms with E-state index >= 15 is 0 Å². The smallest absolute Gasteiger partial charge is 0.323 e. The highest BCUT2D eigenvalue weighted by molar-refractivity contribution is 5.99. The Kier molecular flexibility index (Phi) is 16.2. The number of aliphatic hydroxyl groups excluding tert-OH is 6. The Morgan fingerprint density at radius 2 is 0.860 bits per heavy atom. The zero-order valence-corrected chi connectivity index (χ0v) is 45.8. The number of anilines is 4. The molecule has 12 N–H and O–H groups in total. The van der Waals surface area contributed by atoms with Gasteiger partial charge in [-0.1, -0.05) is 121 Å². The van der Waals surface area contributed by atoms with Gasteiger partial charge >= 0.3 is 6.03 Å². The van der Waals surface area contributed by atoms with Crippen molar-refractivity contribution in [1.82, 2.24) is 69.2 Å². The van der Waals surface area contributed by atoms with E-state index in [0.717, 1.165) is 22.3 Å². The molecule has 6 aromatic heterocycles. The normalized spacial score (nSPS) is 20.2. The minimum absolute atomic E-state index is 0.0559. The van der Waals surface area contributed by atoms with E-state index in [0.29, 0.717) is 35.8 Å². The number of nitrogens with one attached hydrogen (secondary N) is 6. The summed E-state index contributed by atoms with van der Waals surface area (Å²) in [5.74, 6) is -0.900. The molecule has 2 aliphatic rings. The van der Waals surface area contributed by atoms with Gasteiger partial charge in [-0.25, -0.2) is 24.1 Å². The Morgan fingerprint density at radius 1 is 0.500 bits per heavy atom. The monoisotopic (exact) mass is 1160 g/mol. The number of rotatable bonds is 20. The van der Waals surface area contributed by atoms with Crippen molar-refractivity contribution >= 4 is 63.2 Å². The zero-order chi connectivity index (χ0) is 59.4. The second-order valence-electron chi connectivity index (χ2n) is 21.1. The molecule has 0 spiro atoms. The fourth-order valence-electron chi connectivity index (χ4n) is 11.4. The lowest BCUT2D eigenvalue weighted by Crippen LogP contribution is -2.44. The van der Waals surface area contributed by atoms with Crippen molar-refractivity contribution in [3.8, 4) is 11.9 Å². The van der Waals surface area contributed by atoms with Gasteiger partial charge in [0.1, 0.15) is 37.6 Å². The highest BCUT2D eigenvalue weighted by Gasteiger charge is 2.45. The molecule has 0 saturated heterocycles.